The Balaban J connectivity index is 1.54. The van der Waals surface area contributed by atoms with E-state index in [-0.39, 0.29) is 0 Å². The number of aliphatic hydroxyl groups is 1. The molecular weight excluding hydrogens is 188 g/mol. The van der Waals surface area contributed by atoms with E-state index in [4.69, 9.17) is 5.11 Å². The molecule has 15 heavy (non-hydrogen) atoms. The lowest BCUT2D eigenvalue weighted by atomic mass is 10.1. The molecule has 88 valence electrons. The van der Waals surface area contributed by atoms with Crippen LogP contribution in [-0.2, 0) is 0 Å². The maximum atomic E-state index is 9.05. The fourth-order valence-electron chi connectivity index (χ4n) is 2.79. The molecule has 3 heteroatoms. The molecule has 2 aliphatic heterocycles. The van der Waals surface area contributed by atoms with E-state index in [1.807, 2.05) is 0 Å². The van der Waals surface area contributed by atoms with E-state index in [1.54, 1.807) is 0 Å². The number of rotatable bonds is 5. The highest BCUT2D eigenvalue weighted by molar-refractivity contribution is 4.75. The predicted octanol–water partition coefficient (Wildman–Crippen LogP) is 0.786. The largest absolute Gasteiger partial charge is 0.396 e. The van der Waals surface area contributed by atoms with Crippen LogP contribution in [0.15, 0.2) is 0 Å². The van der Waals surface area contributed by atoms with Crippen molar-refractivity contribution in [3.63, 3.8) is 0 Å². The van der Waals surface area contributed by atoms with Gasteiger partial charge in [-0.2, -0.15) is 0 Å². The van der Waals surface area contributed by atoms with Crippen molar-refractivity contribution < 1.29 is 5.11 Å². The van der Waals surface area contributed by atoms with Crippen LogP contribution < -0.4 is 0 Å². The molecule has 0 aromatic carbocycles. The molecule has 0 bridgehead atoms. The van der Waals surface area contributed by atoms with Gasteiger partial charge in [-0.3, -0.25) is 0 Å². The lowest BCUT2D eigenvalue weighted by Crippen LogP contribution is -2.27. The summed E-state index contributed by atoms with van der Waals surface area (Å²) in [5.74, 6) is 0.553. The number of likely N-dealkylation sites (tertiary alicyclic amines) is 2. The fraction of sp³-hybridized carbons (Fsp3) is 1.00. The molecule has 1 N–H and O–H groups in total. The van der Waals surface area contributed by atoms with E-state index in [0.29, 0.717) is 12.5 Å². The van der Waals surface area contributed by atoms with Gasteiger partial charge in [0.05, 0.1) is 0 Å². The van der Waals surface area contributed by atoms with Gasteiger partial charge in [-0.15, -0.1) is 0 Å². The molecule has 2 saturated heterocycles. The van der Waals surface area contributed by atoms with Gasteiger partial charge in [0.25, 0.3) is 0 Å². The zero-order valence-corrected chi connectivity index (χ0v) is 9.70. The zero-order valence-electron chi connectivity index (χ0n) is 9.70. The zero-order chi connectivity index (χ0) is 10.5. The molecule has 1 atom stereocenters. The van der Waals surface area contributed by atoms with Crippen LogP contribution in [0.1, 0.15) is 25.7 Å². The molecule has 2 fully saturated rings. The molecule has 0 spiro atoms. The molecule has 0 saturated carbocycles. The van der Waals surface area contributed by atoms with Crippen LogP contribution >= 0.6 is 0 Å². The Labute approximate surface area is 93.1 Å². The molecule has 0 aromatic rings. The van der Waals surface area contributed by atoms with Crippen molar-refractivity contribution in [2.75, 3.05) is 45.9 Å². The van der Waals surface area contributed by atoms with Crippen LogP contribution in [0, 0.1) is 5.92 Å². The molecule has 2 rings (SSSR count). The monoisotopic (exact) mass is 212 g/mol. The van der Waals surface area contributed by atoms with Crippen LogP contribution in [-0.4, -0.2) is 60.8 Å². The van der Waals surface area contributed by atoms with E-state index < -0.39 is 0 Å². The Morgan fingerprint density at radius 3 is 2.40 bits per heavy atom. The van der Waals surface area contributed by atoms with Crippen LogP contribution in [0.2, 0.25) is 0 Å². The van der Waals surface area contributed by atoms with Crippen LogP contribution in [0.3, 0.4) is 0 Å². The van der Waals surface area contributed by atoms with Gasteiger partial charge < -0.3 is 14.9 Å². The summed E-state index contributed by atoms with van der Waals surface area (Å²) in [6, 6.07) is 0. The van der Waals surface area contributed by atoms with Gasteiger partial charge >= 0.3 is 0 Å². The predicted molar refractivity (Wildman–Crippen MR) is 61.9 cm³/mol. The summed E-state index contributed by atoms with van der Waals surface area (Å²) in [5.41, 5.74) is 0. The SMILES string of the molecule is OCC1CCN(CCCN2CCCC2)C1. The summed E-state index contributed by atoms with van der Waals surface area (Å²) in [6.07, 6.45) is 5.30. The van der Waals surface area contributed by atoms with Crippen molar-refractivity contribution in [3.8, 4) is 0 Å². The fourth-order valence-corrected chi connectivity index (χ4v) is 2.79. The molecule has 2 heterocycles. The summed E-state index contributed by atoms with van der Waals surface area (Å²) in [6.45, 7) is 7.84. The third-order valence-electron chi connectivity index (χ3n) is 3.78. The smallest absolute Gasteiger partial charge is 0.0471 e. The van der Waals surface area contributed by atoms with Gasteiger partial charge in [0, 0.05) is 13.2 Å². The topological polar surface area (TPSA) is 26.7 Å². The summed E-state index contributed by atoms with van der Waals surface area (Å²) >= 11 is 0. The third-order valence-corrected chi connectivity index (χ3v) is 3.78. The number of aliphatic hydroxyl groups excluding tert-OH is 1. The van der Waals surface area contributed by atoms with E-state index in [9.17, 15) is 0 Å². The summed E-state index contributed by atoms with van der Waals surface area (Å²) in [4.78, 5) is 5.09. The standard InChI is InChI=1S/C12H24N2O/c15-11-12-4-9-14(10-12)8-3-7-13-5-1-2-6-13/h12,15H,1-11H2. The second kappa shape index (κ2) is 5.83. The Bertz CT molecular complexity index is 180. The summed E-state index contributed by atoms with van der Waals surface area (Å²) in [7, 11) is 0. The minimum atomic E-state index is 0.378. The Morgan fingerprint density at radius 2 is 1.73 bits per heavy atom. The molecule has 0 radical (unpaired) electrons. The van der Waals surface area contributed by atoms with E-state index in [2.05, 4.69) is 9.80 Å². The quantitative estimate of drug-likeness (QED) is 0.730. The Kier molecular flexibility index (Phi) is 4.42. The molecular formula is C12H24N2O. The van der Waals surface area contributed by atoms with Gasteiger partial charge in [-0.25, -0.2) is 0 Å². The highest BCUT2D eigenvalue weighted by Crippen LogP contribution is 2.15. The van der Waals surface area contributed by atoms with Crippen molar-refractivity contribution in [3.05, 3.63) is 0 Å². The van der Waals surface area contributed by atoms with Crippen molar-refractivity contribution in [1.29, 1.82) is 0 Å². The highest BCUT2D eigenvalue weighted by atomic mass is 16.3. The molecule has 3 nitrogen and oxygen atoms in total. The lowest BCUT2D eigenvalue weighted by Gasteiger charge is -2.18. The third kappa shape index (κ3) is 3.44. The molecule has 1 unspecified atom stereocenters. The molecule has 0 amide bonds. The second-order valence-corrected chi connectivity index (χ2v) is 5.04. The normalized spacial score (nSPS) is 29.0. The minimum absolute atomic E-state index is 0.378. The first-order valence-corrected chi connectivity index (χ1v) is 6.44. The van der Waals surface area contributed by atoms with E-state index >= 15 is 0 Å². The van der Waals surface area contributed by atoms with Crippen LogP contribution in [0.25, 0.3) is 0 Å². The Morgan fingerprint density at radius 1 is 1.00 bits per heavy atom. The van der Waals surface area contributed by atoms with Crippen LogP contribution in [0.4, 0.5) is 0 Å². The lowest BCUT2D eigenvalue weighted by molar-refractivity contribution is 0.218. The molecule has 0 aliphatic carbocycles. The van der Waals surface area contributed by atoms with Gasteiger partial charge in [0.15, 0.2) is 0 Å². The molecule has 2 aliphatic rings. The average Bonchev–Trinajstić information content (AvgIpc) is 2.88. The van der Waals surface area contributed by atoms with Gasteiger partial charge in [-0.05, 0) is 64.3 Å². The van der Waals surface area contributed by atoms with Crippen molar-refractivity contribution in [2.45, 2.75) is 25.7 Å². The number of hydrogen-bond acceptors (Lipinski definition) is 3. The number of hydrogen-bond donors (Lipinski definition) is 1. The first-order chi connectivity index (χ1) is 7.38. The van der Waals surface area contributed by atoms with Crippen molar-refractivity contribution in [1.82, 2.24) is 9.80 Å². The number of nitrogens with zero attached hydrogens (tertiary/aromatic N) is 2. The summed E-state index contributed by atoms with van der Waals surface area (Å²) in [5, 5.41) is 9.05. The van der Waals surface area contributed by atoms with Gasteiger partial charge in [0.1, 0.15) is 0 Å². The van der Waals surface area contributed by atoms with Crippen molar-refractivity contribution >= 4 is 0 Å². The van der Waals surface area contributed by atoms with Crippen molar-refractivity contribution in [2.24, 2.45) is 5.92 Å². The molecule has 0 aromatic heterocycles. The second-order valence-electron chi connectivity index (χ2n) is 5.04. The first kappa shape index (κ1) is 11.4. The average molecular weight is 212 g/mol. The van der Waals surface area contributed by atoms with Gasteiger partial charge in [0.2, 0.25) is 0 Å². The van der Waals surface area contributed by atoms with Gasteiger partial charge in [-0.1, -0.05) is 0 Å². The maximum Gasteiger partial charge on any atom is 0.0471 e. The first-order valence-electron chi connectivity index (χ1n) is 6.44. The van der Waals surface area contributed by atoms with E-state index in [1.165, 1.54) is 58.4 Å². The Hall–Kier alpha value is -0.120. The van der Waals surface area contributed by atoms with Crippen LogP contribution in [0.5, 0.6) is 0 Å². The highest BCUT2D eigenvalue weighted by Gasteiger charge is 2.21. The maximum absolute atomic E-state index is 9.05. The van der Waals surface area contributed by atoms with E-state index in [0.717, 1.165) is 6.54 Å². The minimum Gasteiger partial charge on any atom is -0.396 e. The summed E-state index contributed by atoms with van der Waals surface area (Å²) < 4.78 is 0.